The maximum Gasteiger partial charge on any atom is 0.00858 e. The Morgan fingerprint density at radius 3 is 1.64 bits per heavy atom. The molecule has 1 rings (SSSR count). The fourth-order valence-electron chi connectivity index (χ4n) is 2.38. The molecule has 0 aliphatic carbocycles. The third kappa shape index (κ3) is 9.15. The van der Waals surface area contributed by atoms with E-state index in [0.29, 0.717) is 0 Å². The molecular weight excluding hydrogens is 304 g/mol. The Morgan fingerprint density at radius 1 is 0.727 bits per heavy atom. The van der Waals surface area contributed by atoms with Crippen LogP contribution in [0.3, 0.4) is 0 Å². The Morgan fingerprint density at radius 2 is 1.23 bits per heavy atom. The monoisotopic (exact) mass is 337 g/mol. The molecule has 22 heavy (non-hydrogen) atoms. The van der Waals surface area contributed by atoms with Gasteiger partial charge in [0.05, 0.1) is 0 Å². The Kier molecular flexibility index (Phi) is 12.1. The lowest BCUT2D eigenvalue weighted by Gasteiger charge is -2.09. The predicted molar refractivity (Wildman–Crippen MR) is 105 cm³/mol. The van der Waals surface area contributed by atoms with Gasteiger partial charge in [-0.3, -0.25) is 0 Å². The third-order valence-corrected chi connectivity index (χ3v) is 5.89. The summed E-state index contributed by atoms with van der Waals surface area (Å²) in [7, 11) is 0. The number of benzene rings is 1. The highest BCUT2D eigenvalue weighted by molar-refractivity contribution is 8.00. The Hall–Kier alpha value is -0.0800. The molecule has 0 heterocycles. The van der Waals surface area contributed by atoms with Gasteiger partial charge in [0, 0.05) is 9.79 Å². The Bertz CT molecular complexity index is 355. The van der Waals surface area contributed by atoms with Crippen molar-refractivity contribution in [3.8, 4) is 0 Å². The van der Waals surface area contributed by atoms with E-state index in [4.69, 9.17) is 0 Å². The van der Waals surface area contributed by atoms with Crippen molar-refractivity contribution >= 4 is 23.5 Å². The second-order valence-electron chi connectivity index (χ2n) is 5.88. The van der Waals surface area contributed by atoms with E-state index in [9.17, 15) is 0 Å². The molecule has 0 amide bonds. The lowest BCUT2D eigenvalue weighted by molar-refractivity contribution is 0.706. The minimum Gasteiger partial charge on any atom is -0.126 e. The summed E-state index contributed by atoms with van der Waals surface area (Å²) in [5.74, 6) is 2.50. The van der Waals surface area contributed by atoms with E-state index in [-0.39, 0.29) is 0 Å². The summed E-state index contributed by atoms with van der Waals surface area (Å²) in [4.78, 5) is 2.88. The number of hydrogen-bond donors (Lipinski definition) is 0. The smallest absolute Gasteiger partial charge is 0.00858 e. The van der Waals surface area contributed by atoms with Gasteiger partial charge in [0.15, 0.2) is 0 Å². The number of rotatable bonds is 13. The molecule has 0 aromatic heterocycles. The summed E-state index contributed by atoms with van der Waals surface area (Å²) >= 11 is 4.04. The van der Waals surface area contributed by atoms with Crippen LogP contribution in [0.1, 0.15) is 70.8 Å². The first kappa shape index (κ1) is 20.0. The first-order valence-corrected chi connectivity index (χ1v) is 11.0. The summed E-state index contributed by atoms with van der Waals surface area (Å²) in [6.45, 7) is 8.61. The van der Waals surface area contributed by atoms with Gasteiger partial charge in [-0.15, -0.1) is 23.5 Å². The second-order valence-corrected chi connectivity index (χ2v) is 8.22. The Balaban J connectivity index is 2.42. The van der Waals surface area contributed by atoms with Crippen LogP contribution in [0.25, 0.3) is 0 Å². The molecule has 0 N–H and O–H groups in total. The van der Waals surface area contributed by atoms with Gasteiger partial charge in [-0.05, 0) is 61.5 Å². The maximum atomic E-state index is 4.06. The molecule has 0 spiro atoms. The zero-order valence-electron chi connectivity index (χ0n) is 14.5. The van der Waals surface area contributed by atoms with E-state index in [0.717, 1.165) is 6.42 Å². The van der Waals surface area contributed by atoms with E-state index in [1.807, 2.05) is 23.5 Å². The van der Waals surface area contributed by atoms with Crippen molar-refractivity contribution < 1.29 is 0 Å². The fourth-order valence-corrected chi connectivity index (χ4v) is 4.51. The van der Waals surface area contributed by atoms with E-state index < -0.39 is 0 Å². The quantitative estimate of drug-likeness (QED) is 0.271. The fraction of sp³-hybridized carbons (Fsp3) is 0.650. The van der Waals surface area contributed by atoms with E-state index in [1.54, 1.807) is 0 Å². The summed E-state index contributed by atoms with van der Waals surface area (Å²) in [5, 5.41) is 0. The molecule has 2 heteroatoms. The molecule has 1 aromatic rings. The van der Waals surface area contributed by atoms with Crippen LogP contribution < -0.4 is 0 Å². The van der Waals surface area contributed by atoms with Crippen molar-refractivity contribution in [2.75, 3.05) is 11.5 Å². The van der Waals surface area contributed by atoms with Gasteiger partial charge in [0.2, 0.25) is 0 Å². The van der Waals surface area contributed by atoms with E-state index in [2.05, 4.69) is 39.0 Å². The number of unbranched alkanes of at least 4 members (excludes halogenated alkanes) is 6. The zero-order chi connectivity index (χ0) is 16.0. The van der Waals surface area contributed by atoms with Crippen LogP contribution in [0.5, 0.6) is 0 Å². The molecule has 0 bridgehead atoms. The SMILES string of the molecule is [CH2]Cc1cc(SCCCCCC)cc(SCCCCCC)c1. The van der Waals surface area contributed by atoms with E-state index in [1.165, 1.54) is 78.2 Å². The van der Waals surface area contributed by atoms with Crippen LogP contribution in [0.15, 0.2) is 28.0 Å². The van der Waals surface area contributed by atoms with Crippen LogP contribution in [0, 0.1) is 6.92 Å². The van der Waals surface area contributed by atoms with Crippen molar-refractivity contribution in [2.24, 2.45) is 0 Å². The van der Waals surface area contributed by atoms with Gasteiger partial charge < -0.3 is 0 Å². The zero-order valence-corrected chi connectivity index (χ0v) is 16.2. The third-order valence-electron chi connectivity index (χ3n) is 3.76. The predicted octanol–water partition coefficient (Wildman–Crippen LogP) is 7.41. The van der Waals surface area contributed by atoms with Gasteiger partial charge in [0.25, 0.3) is 0 Å². The summed E-state index contributed by atoms with van der Waals surface area (Å²) < 4.78 is 0. The molecule has 1 aromatic carbocycles. The van der Waals surface area contributed by atoms with E-state index >= 15 is 0 Å². The minimum atomic E-state index is 0.896. The highest BCUT2D eigenvalue weighted by Crippen LogP contribution is 2.29. The summed E-state index contributed by atoms with van der Waals surface area (Å²) in [6, 6.07) is 7.05. The molecule has 0 aliphatic heterocycles. The van der Waals surface area contributed by atoms with Crippen LogP contribution in [-0.2, 0) is 6.42 Å². The highest BCUT2D eigenvalue weighted by atomic mass is 32.2. The molecule has 125 valence electrons. The minimum absolute atomic E-state index is 0.896. The Labute approximate surface area is 147 Å². The maximum absolute atomic E-state index is 4.06. The van der Waals surface area contributed by atoms with Crippen molar-refractivity contribution in [3.63, 3.8) is 0 Å². The topological polar surface area (TPSA) is 0 Å². The molecular formula is C20H33S2. The van der Waals surface area contributed by atoms with Crippen molar-refractivity contribution in [1.29, 1.82) is 0 Å². The summed E-state index contributed by atoms with van der Waals surface area (Å²) in [6.07, 6.45) is 11.7. The van der Waals surface area contributed by atoms with Gasteiger partial charge in [0.1, 0.15) is 0 Å². The van der Waals surface area contributed by atoms with Gasteiger partial charge in [-0.2, -0.15) is 0 Å². The van der Waals surface area contributed by atoms with Crippen LogP contribution in [0.4, 0.5) is 0 Å². The van der Waals surface area contributed by atoms with Gasteiger partial charge in [-0.1, -0.05) is 52.4 Å². The molecule has 0 fully saturated rings. The molecule has 0 nitrogen and oxygen atoms in total. The normalized spacial score (nSPS) is 11.0. The lowest BCUT2D eigenvalue weighted by atomic mass is 10.2. The van der Waals surface area contributed by atoms with Crippen LogP contribution in [-0.4, -0.2) is 11.5 Å². The summed E-state index contributed by atoms with van der Waals surface area (Å²) in [5.41, 5.74) is 1.38. The molecule has 0 saturated carbocycles. The lowest BCUT2D eigenvalue weighted by Crippen LogP contribution is -1.88. The standard InChI is InChI=1S/C20H33S2/c1-4-7-9-11-13-21-19-15-18(6-3)16-20(17-19)22-14-12-10-8-5-2/h15-17H,3-14H2,1-2H3. The van der Waals surface area contributed by atoms with Crippen LogP contribution >= 0.6 is 23.5 Å². The molecule has 1 radical (unpaired) electrons. The number of hydrogen-bond acceptors (Lipinski definition) is 2. The highest BCUT2D eigenvalue weighted by Gasteiger charge is 2.02. The van der Waals surface area contributed by atoms with Crippen molar-refractivity contribution in [3.05, 3.63) is 30.7 Å². The van der Waals surface area contributed by atoms with Gasteiger partial charge in [-0.25, -0.2) is 0 Å². The first-order chi connectivity index (χ1) is 10.8. The molecule has 0 saturated heterocycles. The molecule has 0 unspecified atom stereocenters. The second kappa shape index (κ2) is 13.4. The van der Waals surface area contributed by atoms with Crippen molar-refractivity contribution in [1.82, 2.24) is 0 Å². The van der Waals surface area contributed by atoms with Crippen molar-refractivity contribution in [2.45, 2.75) is 81.4 Å². The largest absolute Gasteiger partial charge is 0.126 e. The first-order valence-electron chi connectivity index (χ1n) is 8.99. The van der Waals surface area contributed by atoms with Crippen LogP contribution in [0.2, 0.25) is 0 Å². The van der Waals surface area contributed by atoms with Gasteiger partial charge >= 0.3 is 0 Å². The number of thioether (sulfide) groups is 2. The molecule has 0 aliphatic rings. The molecule has 0 atom stereocenters. The average molecular weight is 338 g/mol. The average Bonchev–Trinajstić information content (AvgIpc) is 2.54.